The molecular formula is C12H12N2O. The van der Waals surface area contributed by atoms with E-state index in [4.69, 9.17) is 0 Å². The lowest BCUT2D eigenvalue weighted by atomic mass is 10.0. The molecule has 0 amide bonds. The van der Waals surface area contributed by atoms with Crippen LogP contribution in [0.15, 0.2) is 18.3 Å². The van der Waals surface area contributed by atoms with Gasteiger partial charge in [-0.1, -0.05) is 0 Å². The highest BCUT2D eigenvalue weighted by atomic mass is 16.1. The molecule has 0 aliphatic rings. The standard InChI is InChI=1S/C12H12N2O/c1-7-8(2)14-10-5-4-6-13-12(10)11(7)9(3)15/h4-6H,1-3H3. The molecule has 0 bridgehead atoms. The molecule has 15 heavy (non-hydrogen) atoms. The van der Waals surface area contributed by atoms with Gasteiger partial charge in [-0.05, 0) is 38.5 Å². The number of hydrogen-bond acceptors (Lipinski definition) is 3. The van der Waals surface area contributed by atoms with E-state index < -0.39 is 0 Å². The van der Waals surface area contributed by atoms with Crippen molar-refractivity contribution in [3.63, 3.8) is 0 Å². The van der Waals surface area contributed by atoms with Crippen molar-refractivity contribution < 1.29 is 4.79 Å². The van der Waals surface area contributed by atoms with E-state index in [1.165, 1.54) is 0 Å². The van der Waals surface area contributed by atoms with Crippen LogP contribution >= 0.6 is 0 Å². The van der Waals surface area contributed by atoms with Gasteiger partial charge in [-0.2, -0.15) is 0 Å². The number of pyridine rings is 2. The van der Waals surface area contributed by atoms with Crippen LogP contribution in [-0.4, -0.2) is 15.8 Å². The van der Waals surface area contributed by atoms with Gasteiger partial charge in [0.05, 0.1) is 11.0 Å². The second-order valence-corrected chi connectivity index (χ2v) is 3.62. The van der Waals surface area contributed by atoms with Crippen molar-refractivity contribution >= 4 is 16.8 Å². The molecule has 76 valence electrons. The Hall–Kier alpha value is -1.77. The monoisotopic (exact) mass is 200 g/mol. The van der Waals surface area contributed by atoms with Crippen molar-refractivity contribution in [3.05, 3.63) is 35.2 Å². The second kappa shape index (κ2) is 3.42. The van der Waals surface area contributed by atoms with Crippen molar-refractivity contribution in [2.24, 2.45) is 0 Å². The first-order chi connectivity index (χ1) is 7.11. The molecule has 0 unspecified atom stereocenters. The molecule has 0 aliphatic heterocycles. The van der Waals surface area contributed by atoms with Crippen LogP contribution in [-0.2, 0) is 0 Å². The predicted octanol–water partition coefficient (Wildman–Crippen LogP) is 2.45. The fourth-order valence-corrected chi connectivity index (χ4v) is 1.73. The fraction of sp³-hybridized carbons (Fsp3) is 0.250. The molecule has 3 heteroatoms. The van der Waals surface area contributed by atoms with E-state index in [1.807, 2.05) is 26.0 Å². The van der Waals surface area contributed by atoms with E-state index in [1.54, 1.807) is 13.1 Å². The van der Waals surface area contributed by atoms with Gasteiger partial charge in [0.2, 0.25) is 0 Å². The summed E-state index contributed by atoms with van der Waals surface area (Å²) in [6.45, 7) is 5.39. The van der Waals surface area contributed by atoms with Crippen LogP contribution < -0.4 is 0 Å². The molecule has 0 saturated heterocycles. The molecule has 0 aliphatic carbocycles. The lowest BCUT2D eigenvalue weighted by Crippen LogP contribution is -2.03. The molecule has 0 aromatic carbocycles. The Morgan fingerprint density at radius 1 is 1.33 bits per heavy atom. The van der Waals surface area contributed by atoms with Crippen LogP contribution in [0.5, 0.6) is 0 Å². The number of carbonyl (C=O) groups is 1. The minimum absolute atomic E-state index is 0.0432. The predicted molar refractivity (Wildman–Crippen MR) is 59.0 cm³/mol. The van der Waals surface area contributed by atoms with E-state index in [9.17, 15) is 4.79 Å². The summed E-state index contributed by atoms with van der Waals surface area (Å²) in [7, 11) is 0. The highest BCUT2D eigenvalue weighted by Crippen LogP contribution is 2.20. The summed E-state index contributed by atoms with van der Waals surface area (Å²) in [5.41, 5.74) is 3.99. The van der Waals surface area contributed by atoms with E-state index >= 15 is 0 Å². The smallest absolute Gasteiger partial charge is 0.162 e. The van der Waals surface area contributed by atoms with E-state index in [0.717, 1.165) is 16.8 Å². The van der Waals surface area contributed by atoms with Crippen molar-refractivity contribution in [1.82, 2.24) is 9.97 Å². The van der Waals surface area contributed by atoms with Crippen molar-refractivity contribution in [2.45, 2.75) is 20.8 Å². The van der Waals surface area contributed by atoms with Gasteiger partial charge in [-0.15, -0.1) is 0 Å². The van der Waals surface area contributed by atoms with Crippen LogP contribution in [0.3, 0.4) is 0 Å². The average Bonchev–Trinajstić information content (AvgIpc) is 2.19. The van der Waals surface area contributed by atoms with Crippen LogP contribution in [0, 0.1) is 13.8 Å². The zero-order valence-corrected chi connectivity index (χ0v) is 9.03. The summed E-state index contributed by atoms with van der Waals surface area (Å²) in [4.78, 5) is 20.2. The minimum Gasteiger partial charge on any atom is -0.294 e. The van der Waals surface area contributed by atoms with Crippen molar-refractivity contribution in [1.29, 1.82) is 0 Å². The van der Waals surface area contributed by atoms with Gasteiger partial charge in [0.25, 0.3) is 0 Å². The molecular weight excluding hydrogens is 188 g/mol. The fourth-order valence-electron chi connectivity index (χ4n) is 1.73. The normalized spacial score (nSPS) is 10.6. The minimum atomic E-state index is 0.0432. The number of hydrogen-bond donors (Lipinski definition) is 0. The van der Waals surface area contributed by atoms with E-state index in [-0.39, 0.29) is 5.78 Å². The first-order valence-electron chi connectivity index (χ1n) is 4.84. The Bertz CT molecular complexity index is 547. The summed E-state index contributed by atoms with van der Waals surface area (Å²) in [5.74, 6) is 0.0432. The lowest BCUT2D eigenvalue weighted by Gasteiger charge is -2.08. The highest BCUT2D eigenvalue weighted by molar-refractivity contribution is 6.06. The van der Waals surface area contributed by atoms with Gasteiger partial charge in [-0.25, -0.2) is 0 Å². The average molecular weight is 200 g/mol. The topological polar surface area (TPSA) is 42.9 Å². The summed E-state index contributed by atoms with van der Waals surface area (Å²) < 4.78 is 0. The van der Waals surface area contributed by atoms with Crippen molar-refractivity contribution in [3.8, 4) is 0 Å². The van der Waals surface area contributed by atoms with Crippen LogP contribution in [0.4, 0.5) is 0 Å². The number of aryl methyl sites for hydroxylation is 1. The third-order valence-electron chi connectivity index (χ3n) is 2.58. The zero-order chi connectivity index (χ0) is 11.0. The maximum Gasteiger partial charge on any atom is 0.162 e. The Balaban J connectivity index is 2.95. The van der Waals surface area contributed by atoms with Crippen LogP contribution in [0.25, 0.3) is 11.0 Å². The SMILES string of the molecule is CC(=O)c1c(C)c(C)nc2cccnc12. The summed E-state index contributed by atoms with van der Waals surface area (Å²) in [6.07, 6.45) is 1.69. The van der Waals surface area contributed by atoms with Gasteiger partial charge in [-0.3, -0.25) is 14.8 Å². The van der Waals surface area contributed by atoms with Gasteiger partial charge in [0.1, 0.15) is 0 Å². The molecule has 0 atom stereocenters. The molecule has 0 fully saturated rings. The largest absolute Gasteiger partial charge is 0.294 e. The highest BCUT2D eigenvalue weighted by Gasteiger charge is 2.13. The molecule has 0 spiro atoms. The number of ketones is 1. The molecule has 3 nitrogen and oxygen atoms in total. The van der Waals surface area contributed by atoms with Gasteiger partial charge in [0, 0.05) is 17.5 Å². The number of Topliss-reactive ketones (excluding diaryl/α,β-unsaturated/α-hetero) is 1. The molecule has 2 rings (SSSR count). The third kappa shape index (κ3) is 1.50. The van der Waals surface area contributed by atoms with Crippen LogP contribution in [0.2, 0.25) is 0 Å². The molecule has 2 aromatic heterocycles. The molecule has 0 saturated carbocycles. The van der Waals surface area contributed by atoms with Gasteiger partial charge in [0.15, 0.2) is 5.78 Å². The quantitative estimate of drug-likeness (QED) is 0.664. The maximum atomic E-state index is 11.6. The second-order valence-electron chi connectivity index (χ2n) is 3.62. The summed E-state index contributed by atoms with van der Waals surface area (Å²) >= 11 is 0. The Labute approximate surface area is 88.2 Å². The summed E-state index contributed by atoms with van der Waals surface area (Å²) in [6, 6.07) is 3.70. The number of carbonyl (C=O) groups excluding carboxylic acids is 1. The van der Waals surface area contributed by atoms with Gasteiger partial charge >= 0.3 is 0 Å². The first-order valence-corrected chi connectivity index (χ1v) is 4.84. The third-order valence-corrected chi connectivity index (χ3v) is 2.58. The van der Waals surface area contributed by atoms with E-state index in [2.05, 4.69) is 9.97 Å². The molecule has 0 radical (unpaired) electrons. The van der Waals surface area contributed by atoms with Crippen molar-refractivity contribution in [2.75, 3.05) is 0 Å². The first kappa shape index (κ1) is 9.77. The summed E-state index contributed by atoms with van der Waals surface area (Å²) in [5, 5.41) is 0. The number of rotatable bonds is 1. The zero-order valence-electron chi connectivity index (χ0n) is 9.03. The van der Waals surface area contributed by atoms with Crippen LogP contribution in [0.1, 0.15) is 28.5 Å². The van der Waals surface area contributed by atoms with Gasteiger partial charge < -0.3 is 0 Å². The Morgan fingerprint density at radius 3 is 2.73 bits per heavy atom. The Kier molecular flexibility index (Phi) is 2.23. The molecule has 2 aromatic rings. The van der Waals surface area contributed by atoms with E-state index in [0.29, 0.717) is 11.1 Å². The maximum absolute atomic E-state index is 11.6. The Morgan fingerprint density at radius 2 is 2.07 bits per heavy atom. The number of aromatic nitrogens is 2. The number of fused-ring (bicyclic) bond motifs is 1. The molecule has 2 heterocycles. The number of nitrogens with zero attached hydrogens (tertiary/aromatic N) is 2. The lowest BCUT2D eigenvalue weighted by molar-refractivity contribution is 0.101. The molecule has 0 N–H and O–H groups in total.